The zero-order valence-corrected chi connectivity index (χ0v) is 20.8. The fourth-order valence-corrected chi connectivity index (χ4v) is 4.99. The van der Waals surface area contributed by atoms with Crippen molar-refractivity contribution in [1.82, 2.24) is 19.6 Å². The molecular formula is C28H28F3N5O2. The highest BCUT2D eigenvalue weighted by molar-refractivity contribution is 5.94. The number of ether oxygens (including phenoxy) is 1. The van der Waals surface area contributed by atoms with E-state index >= 15 is 0 Å². The van der Waals surface area contributed by atoms with Crippen molar-refractivity contribution in [3.05, 3.63) is 90.1 Å². The molecule has 2 aromatic heterocycles. The number of nitrogens with zero attached hydrogens (tertiary/aromatic N) is 3. The number of urea groups is 1. The molecule has 0 aliphatic carbocycles. The number of methoxy groups -OCH3 is 1. The lowest BCUT2D eigenvalue weighted by atomic mass is 9.94. The topological polar surface area (TPSA) is 70.9 Å². The van der Waals surface area contributed by atoms with Crippen molar-refractivity contribution in [3.8, 4) is 11.3 Å². The van der Waals surface area contributed by atoms with Crippen molar-refractivity contribution in [3.63, 3.8) is 0 Å². The minimum Gasteiger partial charge on any atom is -0.383 e. The van der Waals surface area contributed by atoms with Crippen LogP contribution in [0.4, 0.5) is 23.8 Å². The second-order valence-corrected chi connectivity index (χ2v) is 9.26. The summed E-state index contributed by atoms with van der Waals surface area (Å²) in [4.78, 5) is 19.9. The number of imidazole rings is 1. The van der Waals surface area contributed by atoms with E-state index in [4.69, 9.17) is 4.74 Å². The van der Waals surface area contributed by atoms with Crippen LogP contribution in [0.25, 0.3) is 16.9 Å². The van der Waals surface area contributed by atoms with Crippen molar-refractivity contribution < 1.29 is 22.7 Å². The van der Waals surface area contributed by atoms with E-state index < -0.39 is 17.8 Å². The highest BCUT2D eigenvalue weighted by Crippen LogP contribution is 2.36. The van der Waals surface area contributed by atoms with Crippen molar-refractivity contribution in [2.24, 2.45) is 0 Å². The minimum atomic E-state index is -4.60. The summed E-state index contributed by atoms with van der Waals surface area (Å²) in [6, 6.07) is 20.3. The van der Waals surface area contributed by atoms with Crippen LogP contribution in [-0.2, 0) is 10.9 Å². The predicted molar refractivity (Wildman–Crippen MR) is 139 cm³/mol. The third-order valence-corrected chi connectivity index (χ3v) is 6.79. The van der Waals surface area contributed by atoms with Gasteiger partial charge in [-0.3, -0.25) is 14.6 Å². The second-order valence-electron chi connectivity index (χ2n) is 9.26. The molecule has 2 aromatic carbocycles. The maximum absolute atomic E-state index is 13.8. The average Bonchev–Trinajstić information content (AvgIpc) is 3.49. The lowest BCUT2D eigenvalue weighted by Crippen LogP contribution is -2.42. The van der Waals surface area contributed by atoms with Gasteiger partial charge in [-0.2, -0.15) is 13.2 Å². The minimum absolute atomic E-state index is 0.0476. The van der Waals surface area contributed by atoms with Gasteiger partial charge in [-0.05, 0) is 17.7 Å². The highest BCUT2D eigenvalue weighted by Gasteiger charge is 2.36. The Balaban J connectivity index is 1.46. The molecule has 0 radical (unpaired) electrons. The van der Waals surface area contributed by atoms with E-state index in [1.54, 1.807) is 37.4 Å². The normalized spacial score (nSPS) is 18.1. The predicted octanol–water partition coefficient (Wildman–Crippen LogP) is 5.26. The van der Waals surface area contributed by atoms with E-state index in [1.807, 2.05) is 30.3 Å². The number of carbonyl (C=O) groups is 1. The second kappa shape index (κ2) is 10.8. The van der Waals surface area contributed by atoms with Gasteiger partial charge in [0, 0.05) is 44.4 Å². The molecular weight excluding hydrogens is 495 g/mol. The molecule has 2 atom stereocenters. The van der Waals surface area contributed by atoms with E-state index in [-0.39, 0.29) is 29.1 Å². The molecule has 2 N–H and O–H groups in total. The van der Waals surface area contributed by atoms with Gasteiger partial charge in [0.25, 0.3) is 0 Å². The molecule has 0 bridgehead atoms. The Kier molecular flexibility index (Phi) is 7.35. The molecule has 5 rings (SSSR count). The first-order valence-corrected chi connectivity index (χ1v) is 12.3. The maximum Gasteiger partial charge on any atom is 0.419 e. The SMILES string of the molecule is COCCN1CC(c2ccccc2)[C@H](NC(=O)Nc2c(-c3ccccc3)nc3c(C(F)(F)F)cccn23)C1. The van der Waals surface area contributed by atoms with Crippen LogP contribution in [0, 0.1) is 0 Å². The van der Waals surface area contributed by atoms with Crippen LogP contribution in [-0.4, -0.2) is 59.7 Å². The Bertz CT molecular complexity index is 1390. The van der Waals surface area contributed by atoms with E-state index in [9.17, 15) is 18.0 Å². The molecule has 0 spiro atoms. The summed E-state index contributed by atoms with van der Waals surface area (Å²) < 4.78 is 47.8. The first kappa shape index (κ1) is 25.7. The van der Waals surface area contributed by atoms with Crippen molar-refractivity contribution in [2.75, 3.05) is 38.7 Å². The van der Waals surface area contributed by atoms with E-state index in [0.29, 0.717) is 18.7 Å². The number of pyridine rings is 1. The van der Waals surface area contributed by atoms with Crippen molar-refractivity contribution in [2.45, 2.75) is 18.1 Å². The van der Waals surface area contributed by atoms with Gasteiger partial charge in [0.05, 0.1) is 18.2 Å². The third-order valence-electron chi connectivity index (χ3n) is 6.79. The molecule has 2 amide bonds. The van der Waals surface area contributed by atoms with Crippen LogP contribution < -0.4 is 10.6 Å². The van der Waals surface area contributed by atoms with Gasteiger partial charge in [-0.25, -0.2) is 9.78 Å². The summed E-state index contributed by atoms with van der Waals surface area (Å²) in [7, 11) is 1.65. The smallest absolute Gasteiger partial charge is 0.383 e. The van der Waals surface area contributed by atoms with Crippen LogP contribution in [0.15, 0.2) is 79.0 Å². The summed E-state index contributed by atoms with van der Waals surface area (Å²) in [5.74, 6) is 0.215. The largest absolute Gasteiger partial charge is 0.419 e. The lowest BCUT2D eigenvalue weighted by molar-refractivity contribution is -0.136. The summed E-state index contributed by atoms with van der Waals surface area (Å²) in [6.45, 7) is 2.67. The third kappa shape index (κ3) is 5.36. The van der Waals surface area contributed by atoms with Crippen molar-refractivity contribution >= 4 is 17.5 Å². The Morgan fingerprint density at radius 1 is 1.03 bits per heavy atom. The molecule has 7 nitrogen and oxygen atoms in total. The van der Waals surface area contributed by atoms with Gasteiger partial charge in [0.2, 0.25) is 0 Å². The molecule has 3 heterocycles. The summed E-state index contributed by atoms with van der Waals surface area (Å²) in [5, 5.41) is 5.87. The fourth-order valence-electron chi connectivity index (χ4n) is 4.99. The number of fused-ring (bicyclic) bond motifs is 1. The van der Waals surface area contributed by atoms with Gasteiger partial charge in [-0.15, -0.1) is 0 Å². The molecule has 1 saturated heterocycles. The van der Waals surface area contributed by atoms with Crippen molar-refractivity contribution in [1.29, 1.82) is 0 Å². The molecule has 1 fully saturated rings. The lowest BCUT2D eigenvalue weighted by Gasteiger charge is -2.21. The summed E-state index contributed by atoms with van der Waals surface area (Å²) >= 11 is 0. The molecule has 10 heteroatoms. The zero-order valence-electron chi connectivity index (χ0n) is 20.8. The van der Waals surface area contributed by atoms with Gasteiger partial charge >= 0.3 is 12.2 Å². The van der Waals surface area contributed by atoms with E-state index in [2.05, 4.69) is 20.5 Å². The molecule has 38 heavy (non-hydrogen) atoms. The number of anilines is 1. The molecule has 0 saturated carbocycles. The standard InChI is InChI=1S/C28H28F3N5O2/c1-38-16-15-35-17-21(19-9-4-2-5-10-19)23(18-35)32-27(37)34-26-24(20-11-6-3-7-12-20)33-25-22(28(29,30)31)13-8-14-36(25)26/h2-14,21,23H,15-18H2,1H3,(H2,32,34,37)/t21?,23-/m1/s1. The number of likely N-dealkylation sites (tertiary alicyclic amines) is 1. The Labute approximate surface area is 218 Å². The van der Waals surface area contributed by atoms with Crippen LogP contribution in [0.5, 0.6) is 0 Å². The number of hydrogen-bond donors (Lipinski definition) is 2. The summed E-state index contributed by atoms with van der Waals surface area (Å²) in [6.07, 6.45) is -3.13. The Morgan fingerprint density at radius 3 is 2.42 bits per heavy atom. The van der Waals surface area contributed by atoms with Crippen LogP contribution in [0.2, 0.25) is 0 Å². The number of nitrogens with one attached hydrogen (secondary N) is 2. The maximum atomic E-state index is 13.8. The number of hydrogen-bond acceptors (Lipinski definition) is 4. The first-order chi connectivity index (χ1) is 18.3. The Hall–Kier alpha value is -3.89. The average molecular weight is 524 g/mol. The first-order valence-electron chi connectivity index (χ1n) is 12.3. The number of halogens is 3. The molecule has 1 unspecified atom stereocenters. The van der Waals surface area contributed by atoms with Gasteiger partial charge in [0.1, 0.15) is 11.5 Å². The number of carbonyl (C=O) groups excluding carboxylic acids is 1. The number of aromatic nitrogens is 2. The van der Waals surface area contributed by atoms with Crippen LogP contribution in [0.3, 0.4) is 0 Å². The summed E-state index contributed by atoms with van der Waals surface area (Å²) in [5.41, 5.74) is 0.799. The molecule has 4 aromatic rings. The molecule has 1 aliphatic rings. The van der Waals surface area contributed by atoms with E-state index in [0.717, 1.165) is 24.7 Å². The zero-order chi connectivity index (χ0) is 26.7. The molecule has 198 valence electrons. The number of benzene rings is 2. The fraction of sp³-hybridized carbons (Fsp3) is 0.286. The molecule has 1 aliphatic heterocycles. The quantitative estimate of drug-likeness (QED) is 0.347. The van der Waals surface area contributed by atoms with Gasteiger partial charge in [0.15, 0.2) is 5.65 Å². The Morgan fingerprint density at radius 2 is 1.74 bits per heavy atom. The van der Waals surface area contributed by atoms with Gasteiger partial charge in [-0.1, -0.05) is 60.7 Å². The van der Waals surface area contributed by atoms with Gasteiger partial charge < -0.3 is 10.1 Å². The van der Waals surface area contributed by atoms with Crippen LogP contribution in [0.1, 0.15) is 17.0 Å². The van der Waals surface area contributed by atoms with E-state index in [1.165, 1.54) is 16.7 Å². The highest BCUT2D eigenvalue weighted by atomic mass is 19.4. The van der Waals surface area contributed by atoms with Crippen LogP contribution >= 0.6 is 0 Å². The number of alkyl halides is 3. The monoisotopic (exact) mass is 523 g/mol. The number of rotatable bonds is 7. The number of amides is 2.